The summed E-state index contributed by atoms with van der Waals surface area (Å²) >= 11 is 0. The van der Waals surface area contributed by atoms with Crippen LogP contribution in [0.4, 0.5) is 5.69 Å². The van der Waals surface area contributed by atoms with Crippen LogP contribution >= 0.6 is 0 Å². The van der Waals surface area contributed by atoms with E-state index in [2.05, 4.69) is 4.98 Å². The Morgan fingerprint density at radius 2 is 2.25 bits per heavy atom. The van der Waals surface area contributed by atoms with Crippen LogP contribution in [0.15, 0.2) is 22.6 Å². The first-order valence-electron chi connectivity index (χ1n) is 5.31. The van der Waals surface area contributed by atoms with E-state index in [1.165, 1.54) is 0 Å². The SMILES string of the molecule is CCC(C)(OC)c1nc2c(N)cccc2o1. The van der Waals surface area contributed by atoms with E-state index in [4.69, 9.17) is 14.9 Å². The molecule has 1 aromatic heterocycles. The van der Waals surface area contributed by atoms with Gasteiger partial charge in [0.15, 0.2) is 5.58 Å². The van der Waals surface area contributed by atoms with Gasteiger partial charge >= 0.3 is 0 Å². The zero-order chi connectivity index (χ0) is 11.8. The number of nitrogens with two attached hydrogens (primary N) is 1. The summed E-state index contributed by atoms with van der Waals surface area (Å²) in [5, 5.41) is 0. The third-order valence-corrected chi connectivity index (χ3v) is 3.03. The van der Waals surface area contributed by atoms with E-state index in [0.29, 0.717) is 22.7 Å². The Labute approximate surface area is 94.4 Å². The van der Waals surface area contributed by atoms with Crippen LogP contribution in [0.2, 0.25) is 0 Å². The molecule has 1 heterocycles. The largest absolute Gasteiger partial charge is 0.437 e. The van der Waals surface area contributed by atoms with Crippen molar-refractivity contribution < 1.29 is 9.15 Å². The van der Waals surface area contributed by atoms with Crippen molar-refractivity contribution in [1.29, 1.82) is 0 Å². The van der Waals surface area contributed by atoms with E-state index in [1.807, 2.05) is 32.0 Å². The molecule has 0 saturated heterocycles. The van der Waals surface area contributed by atoms with Gasteiger partial charge in [0.1, 0.15) is 11.1 Å². The number of aromatic nitrogens is 1. The summed E-state index contributed by atoms with van der Waals surface area (Å²) in [5.74, 6) is 0.574. The molecular formula is C12H16N2O2. The number of oxazole rings is 1. The molecule has 2 N–H and O–H groups in total. The van der Waals surface area contributed by atoms with Crippen LogP contribution in [-0.2, 0) is 10.3 Å². The van der Waals surface area contributed by atoms with Gasteiger partial charge in [0.2, 0.25) is 5.89 Å². The molecule has 0 saturated carbocycles. The maximum absolute atomic E-state index is 5.83. The molecule has 86 valence electrons. The predicted molar refractivity (Wildman–Crippen MR) is 63.1 cm³/mol. The Bertz CT molecular complexity index is 501. The van der Waals surface area contributed by atoms with Gasteiger partial charge in [-0.15, -0.1) is 0 Å². The van der Waals surface area contributed by atoms with E-state index in [0.717, 1.165) is 6.42 Å². The average molecular weight is 220 g/mol. The van der Waals surface area contributed by atoms with E-state index in [1.54, 1.807) is 7.11 Å². The first kappa shape index (κ1) is 11.0. The molecule has 4 nitrogen and oxygen atoms in total. The number of hydrogen-bond donors (Lipinski definition) is 1. The van der Waals surface area contributed by atoms with Crippen LogP contribution < -0.4 is 5.73 Å². The van der Waals surface area contributed by atoms with Crippen molar-refractivity contribution in [2.75, 3.05) is 12.8 Å². The number of nitrogen functional groups attached to an aromatic ring is 1. The topological polar surface area (TPSA) is 61.3 Å². The summed E-state index contributed by atoms with van der Waals surface area (Å²) in [6.45, 7) is 3.98. The smallest absolute Gasteiger partial charge is 0.227 e. The van der Waals surface area contributed by atoms with E-state index in [9.17, 15) is 0 Å². The van der Waals surface area contributed by atoms with E-state index < -0.39 is 5.60 Å². The molecular weight excluding hydrogens is 204 g/mol. The van der Waals surface area contributed by atoms with Crippen molar-refractivity contribution in [2.24, 2.45) is 0 Å². The van der Waals surface area contributed by atoms with Crippen LogP contribution in [0.5, 0.6) is 0 Å². The lowest BCUT2D eigenvalue weighted by atomic mass is 10.0. The molecule has 4 heteroatoms. The van der Waals surface area contributed by atoms with Crippen LogP contribution in [0.3, 0.4) is 0 Å². The zero-order valence-corrected chi connectivity index (χ0v) is 9.78. The highest BCUT2D eigenvalue weighted by Gasteiger charge is 2.30. The Kier molecular flexibility index (Phi) is 2.59. The summed E-state index contributed by atoms with van der Waals surface area (Å²) in [6.07, 6.45) is 0.788. The Morgan fingerprint density at radius 3 is 2.81 bits per heavy atom. The van der Waals surface area contributed by atoms with Crippen molar-refractivity contribution in [2.45, 2.75) is 25.9 Å². The summed E-state index contributed by atoms with van der Waals surface area (Å²) < 4.78 is 11.1. The van der Waals surface area contributed by atoms with Gasteiger partial charge in [-0.05, 0) is 25.5 Å². The highest BCUT2D eigenvalue weighted by molar-refractivity contribution is 5.85. The minimum absolute atomic E-state index is 0.495. The second-order valence-corrected chi connectivity index (χ2v) is 4.00. The fraction of sp³-hybridized carbons (Fsp3) is 0.417. The van der Waals surface area contributed by atoms with Gasteiger partial charge in [-0.25, -0.2) is 4.98 Å². The number of anilines is 1. The quantitative estimate of drug-likeness (QED) is 0.808. The van der Waals surface area contributed by atoms with Crippen molar-refractivity contribution in [3.05, 3.63) is 24.1 Å². The molecule has 0 amide bonds. The second kappa shape index (κ2) is 3.79. The lowest BCUT2D eigenvalue weighted by molar-refractivity contribution is -0.0222. The number of nitrogens with zero attached hydrogens (tertiary/aromatic N) is 1. The van der Waals surface area contributed by atoms with Gasteiger partial charge in [0.05, 0.1) is 5.69 Å². The number of hydrogen-bond acceptors (Lipinski definition) is 4. The lowest BCUT2D eigenvalue weighted by Crippen LogP contribution is -2.23. The van der Waals surface area contributed by atoms with Crippen LogP contribution in [-0.4, -0.2) is 12.1 Å². The number of ether oxygens (including phenoxy) is 1. The molecule has 0 fully saturated rings. The van der Waals surface area contributed by atoms with Gasteiger partial charge < -0.3 is 14.9 Å². The summed E-state index contributed by atoms with van der Waals surface area (Å²) in [4.78, 5) is 4.41. The van der Waals surface area contributed by atoms with E-state index >= 15 is 0 Å². The number of fused-ring (bicyclic) bond motifs is 1. The molecule has 2 rings (SSSR count). The molecule has 0 aliphatic heterocycles. The third-order valence-electron chi connectivity index (χ3n) is 3.03. The summed E-state index contributed by atoms with van der Waals surface area (Å²) in [6, 6.07) is 5.52. The lowest BCUT2D eigenvalue weighted by Gasteiger charge is -2.22. The minimum Gasteiger partial charge on any atom is -0.437 e. The number of para-hydroxylation sites is 1. The number of methoxy groups -OCH3 is 1. The fourth-order valence-corrected chi connectivity index (χ4v) is 1.58. The van der Waals surface area contributed by atoms with Crippen molar-refractivity contribution in [3.8, 4) is 0 Å². The van der Waals surface area contributed by atoms with Crippen LogP contribution in [0.25, 0.3) is 11.1 Å². The van der Waals surface area contributed by atoms with Crippen molar-refractivity contribution in [3.63, 3.8) is 0 Å². The maximum atomic E-state index is 5.83. The van der Waals surface area contributed by atoms with E-state index in [-0.39, 0.29) is 0 Å². The van der Waals surface area contributed by atoms with Crippen molar-refractivity contribution in [1.82, 2.24) is 4.98 Å². The van der Waals surface area contributed by atoms with Gasteiger partial charge in [-0.2, -0.15) is 0 Å². The summed E-state index contributed by atoms with van der Waals surface area (Å²) in [7, 11) is 1.65. The number of rotatable bonds is 3. The molecule has 1 atom stereocenters. The highest BCUT2D eigenvalue weighted by Crippen LogP contribution is 2.31. The Hall–Kier alpha value is -1.55. The highest BCUT2D eigenvalue weighted by atomic mass is 16.5. The third kappa shape index (κ3) is 1.55. The first-order chi connectivity index (χ1) is 7.60. The molecule has 0 spiro atoms. The predicted octanol–water partition coefficient (Wildman–Crippen LogP) is 2.68. The van der Waals surface area contributed by atoms with Gasteiger partial charge in [0.25, 0.3) is 0 Å². The second-order valence-electron chi connectivity index (χ2n) is 4.00. The molecule has 1 unspecified atom stereocenters. The number of benzene rings is 1. The van der Waals surface area contributed by atoms with Gasteiger partial charge in [0, 0.05) is 7.11 Å². The molecule has 16 heavy (non-hydrogen) atoms. The molecule has 0 aliphatic rings. The molecule has 1 aromatic carbocycles. The molecule has 0 bridgehead atoms. The van der Waals surface area contributed by atoms with Gasteiger partial charge in [-0.3, -0.25) is 0 Å². The van der Waals surface area contributed by atoms with Crippen LogP contribution in [0.1, 0.15) is 26.2 Å². The molecule has 2 aromatic rings. The van der Waals surface area contributed by atoms with Gasteiger partial charge in [-0.1, -0.05) is 13.0 Å². The molecule has 0 radical (unpaired) electrons. The Balaban J connectivity index is 2.59. The monoisotopic (exact) mass is 220 g/mol. The van der Waals surface area contributed by atoms with Crippen LogP contribution in [0, 0.1) is 0 Å². The summed E-state index contributed by atoms with van der Waals surface area (Å²) in [5.41, 5.74) is 7.37. The first-order valence-corrected chi connectivity index (χ1v) is 5.31. The standard InChI is InChI=1S/C12H16N2O2/c1-4-12(2,15-3)11-14-10-8(13)6-5-7-9(10)16-11/h5-7H,4,13H2,1-3H3. The Morgan fingerprint density at radius 1 is 1.50 bits per heavy atom. The normalized spacial score (nSPS) is 15.2. The van der Waals surface area contributed by atoms with Crippen molar-refractivity contribution >= 4 is 16.8 Å². The fourth-order valence-electron chi connectivity index (χ4n) is 1.58. The average Bonchev–Trinajstić information content (AvgIpc) is 2.74. The molecule has 0 aliphatic carbocycles. The maximum Gasteiger partial charge on any atom is 0.227 e. The zero-order valence-electron chi connectivity index (χ0n) is 9.78. The minimum atomic E-state index is -0.495.